The molecule has 1 atom stereocenters. The minimum Gasteiger partial charge on any atom is -0.376 e. The molecule has 0 radical (unpaired) electrons. The van der Waals surface area contributed by atoms with Crippen LogP contribution in [0.4, 0.5) is 0 Å². The van der Waals surface area contributed by atoms with Crippen molar-refractivity contribution in [3.8, 4) is 0 Å². The Morgan fingerprint density at radius 2 is 1.59 bits per heavy atom. The fourth-order valence-corrected chi connectivity index (χ4v) is 4.99. The van der Waals surface area contributed by atoms with E-state index in [1.165, 1.54) is 32.1 Å². The smallest absolute Gasteiger partial charge is 0.376 e. The van der Waals surface area contributed by atoms with Crippen molar-refractivity contribution in [2.24, 2.45) is 0 Å². The number of rotatable bonds is 7. The first kappa shape index (κ1) is 15.1. The first-order chi connectivity index (χ1) is 8.22. The lowest BCUT2D eigenvalue weighted by Gasteiger charge is -2.36. The zero-order valence-corrected chi connectivity index (χ0v) is 12.6. The van der Waals surface area contributed by atoms with Crippen LogP contribution in [0.3, 0.4) is 0 Å². The van der Waals surface area contributed by atoms with Gasteiger partial charge < -0.3 is 18.6 Å². The third-order valence-electron chi connectivity index (χ3n) is 3.73. The zero-order valence-electron chi connectivity index (χ0n) is 11.6. The molecule has 0 unspecified atom stereocenters. The van der Waals surface area contributed by atoms with E-state index in [2.05, 4.69) is 12.2 Å². The SMILES string of the molecule is CC[C@@H](NC1CCCCC1)[Si](OC)(OC)OC. The van der Waals surface area contributed by atoms with Crippen molar-refractivity contribution in [1.29, 1.82) is 0 Å². The van der Waals surface area contributed by atoms with Gasteiger partial charge >= 0.3 is 8.80 Å². The summed E-state index contributed by atoms with van der Waals surface area (Å²) in [5, 5.41) is 3.69. The topological polar surface area (TPSA) is 39.7 Å². The molecule has 1 rings (SSSR count). The van der Waals surface area contributed by atoms with E-state index in [1.54, 1.807) is 21.3 Å². The highest BCUT2D eigenvalue weighted by atomic mass is 28.4. The standard InChI is InChI=1S/C12H27NO3Si/c1-5-12(17(14-2,15-3)16-4)13-11-9-7-6-8-10-11/h11-13H,5-10H2,1-4H3/t12-/m0/s1. The third-order valence-corrected chi connectivity index (χ3v) is 6.87. The summed E-state index contributed by atoms with van der Waals surface area (Å²) in [6, 6.07) is 0.598. The van der Waals surface area contributed by atoms with Crippen LogP contribution in [0.2, 0.25) is 0 Å². The first-order valence-electron chi connectivity index (χ1n) is 6.63. The van der Waals surface area contributed by atoms with Gasteiger partial charge in [-0.3, -0.25) is 0 Å². The highest BCUT2D eigenvalue weighted by molar-refractivity contribution is 6.62. The van der Waals surface area contributed by atoms with Crippen molar-refractivity contribution < 1.29 is 13.3 Å². The van der Waals surface area contributed by atoms with Gasteiger partial charge in [0.15, 0.2) is 0 Å². The van der Waals surface area contributed by atoms with Crippen LogP contribution >= 0.6 is 0 Å². The maximum Gasteiger partial charge on any atom is 0.518 e. The second-order valence-corrected chi connectivity index (χ2v) is 7.81. The van der Waals surface area contributed by atoms with Crippen LogP contribution in [0, 0.1) is 0 Å². The van der Waals surface area contributed by atoms with E-state index in [0.717, 1.165) is 6.42 Å². The molecule has 0 spiro atoms. The molecule has 17 heavy (non-hydrogen) atoms. The highest BCUT2D eigenvalue weighted by Crippen LogP contribution is 2.21. The van der Waals surface area contributed by atoms with Crippen LogP contribution in [0.15, 0.2) is 0 Å². The minimum absolute atomic E-state index is 0.200. The Morgan fingerprint density at radius 3 is 2.00 bits per heavy atom. The van der Waals surface area contributed by atoms with E-state index in [-0.39, 0.29) is 5.67 Å². The van der Waals surface area contributed by atoms with Gasteiger partial charge in [-0.1, -0.05) is 26.2 Å². The second-order valence-electron chi connectivity index (χ2n) is 4.68. The van der Waals surface area contributed by atoms with Gasteiger partial charge in [-0.25, -0.2) is 0 Å². The fraction of sp³-hybridized carbons (Fsp3) is 1.00. The molecule has 0 aromatic heterocycles. The molecular formula is C12H27NO3Si. The van der Waals surface area contributed by atoms with Crippen LogP contribution in [0.1, 0.15) is 45.4 Å². The van der Waals surface area contributed by atoms with Crippen molar-refractivity contribution >= 4 is 8.80 Å². The van der Waals surface area contributed by atoms with Gasteiger partial charge in [-0.15, -0.1) is 0 Å². The summed E-state index contributed by atoms with van der Waals surface area (Å²) in [6.07, 6.45) is 7.52. The van der Waals surface area contributed by atoms with E-state index in [9.17, 15) is 0 Å². The van der Waals surface area contributed by atoms with Gasteiger partial charge in [0.05, 0.1) is 5.67 Å². The Hall–Kier alpha value is 0.0569. The van der Waals surface area contributed by atoms with E-state index >= 15 is 0 Å². The Morgan fingerprint density at radius 1 is 1.06 bits per heavy atom. The molecule has 0 saturated heterocycles. The van der Waals surface area contributed by atoms with Gasteiger partial charge in [0.1, 0.15) is 0 Å². The molecule has 1 N–H and O–H groups in total. The number of hydrogen-bond donors (Lipinski definition) is 1. The van der Waals surface area contributed by atoms with Crippen LogP contribution in [0.25, 0.3) is 0 Å². The van der Waals surface area contributed by atoms with Crippen LogP contribution < -0.4 is 5.32 Å². The molecule has 0 heterocycles. The molecule has 1 aliphatic carbocycles. The monoisotopic (exact) mass is 261 g/mol. The van der Waals surface area contributed by atoms with Crippen molar-refractivity contribution in [1.82, 2.24) is 5.32 Å². The predicted octanol–water partition coefficient (Wildman–Crippen LogP) is 2.10. The first-order valence-corrected chi connectivity index (χ1v) is 8.44. The average Bonchev–Trinajstić information content (AvgIpc) is 2.41. The average molecular weight is 261 g/mol. The molecule has 0 aromatic rings. The Labute approximate surface area is 106 Å². The molecule has 0 aliphatic heterocycles. The fourth-order valence-electron chi connectivity index (χ4n) is 2.70. The molecule has 4 nitrogen and oxygen atoms in total. The summed E-state index contributed by atoms with van der Waals surface area (Å²) in [5.41, 5.74) is 0.200. The Bertz CT molecular complexity index is 198. The van der Waals surface area contributed by atoms with Crippen LogP contribution in [-0.4, -0.2) is 41.8 Å². The summed E-state index contributed by atoms with van der Waals surface area (Å²) in [4.78, 5) is 0. The summed E-state index contributed by atoms with van der Waals surface area (Å²) in [7, 11) is 2.51. The lowest BCUT2D eigenvalue weighted by atomic mass is 9.95. The van der Waals surface area contributed by atoms with Crippen molar-refractivity contribution in [3.05, 3.63) is 0 Å². The highest BCUT2D eigenvalue weighted by Gasteiger charge is 2.47. The number of nitrogens with one attached hydrogen (secondary N) is 1. The van der Waals surface area contributed by atoms with Gasteiger partial charge in [0.25, 0.3) is 0 Å². The molecule has 1 saturated carbocycles. The van der Waals surface area contributed by atoms with E-state index in [1.807, 2.05) is 0 Å². The quantitative estimate of drug-likeness (QED) is 0.713. The molecule has 5 heteroatoms. The third kappa shape index (κ3) is 3.76. The molecule has 102 valence electrons. The molecule has 1 aliphatic rings. The second kappa shape index (κ2) is 7.48. The lowest BCUT2D eigenvalue weighted by Crippen LogP contribution is -2.62. The van der Waals surface area contributed by atoms with Crippen molar-refractivity contribution in [2.45, 2.75) is 57.2 Å². The summed E-state index contributed by atoms with van der Waals surface area (Å²) in [5.74, 6) is 0. The summed E-state index contributed by atoms with van der Waals surface area (Å²) >= 11 is 0. The lowest BCUT2D eigenvalue weighted by molar-refractivity contribution is 0.102. The van der Waals surface area contributed by atoms with Gasteiger partial charge in [-0.05, 0) is 19.3 Å². The summed E-state index contributed by atoms with van der Waals surface area (Å²) < 4.78 is 16.7. The minimum atomic E-state index is -2.54. The van der Waals surface area contributed by atoms with E-state index < -0.39 is 8.80 Å². The van der Waals surface area contributed by atoms with Gasteiger partial charge in [0.2, 0.25) is 0 Å². The Kier molecular flexibility index (Phi) is 6.65. The van der Waals surface area contributed by atoms with E-state index in [0.29, 0.717) is 6.04 Å². The maximum absolute atomic E-state index is 5.56. The van der Waals surface area contributed by atoms with Gasteiger partial charge in [-0.2, -0.15) is 0 Å². The molecule has 0 aromatic carbocycles. The van der Waals surface area contributed by atoms with Crippen molar-refractivity contribution in [3.63, 3.8) is 0 Å². The number of hydrogen-bond acceptors (Lipinski definition) is 4. The van der Waals surface area contributed by atoms with E-state index in [4.69, 9.17) is 13.3 Å². The predicted molar refractivity (Wildman–Crippen MR) is 70.9 cm³/mol. The van der Waals surface area contributed by atoms with Crippen molar-refractivity contribution in [2.75, 3.05) is 21.3 Å². The Balaban J connectivity index is 2.61. The molecule has 0 amide bonds. The van der Waals surface area contributed by atoms with Crippen LogP contribution in [-0.2, 0) is 13.3 Å². The molecule has 1 fully saturated rings. The van der Waals surface area contributed by atoms with Gasteiger partial charge in [0, 0.05) is 27.4 Å². The maximum atomic E-state index is 5.56. The summed E-state index contributed by atoms with van der Waals surface area (Å²) in [6.45, 7) is 2.15. The molecular weight excluding hydrogens is 234 g/mol. The normalized spacial score (nSPS) is 20.5. The van der Waals surface area contributed by atoms with Crippen LogP contribution in [0.5, 0.6) is 0 Å². The largest absolute Gasteiger partial charge is 0.518 e. The molecule has 0 bridgehead atoms. The zero-order chi connectivity index (χ0) is 12.7.